The minimum atomic E-state index is -0.590. The van der Waals surface area contributed by atoms with Gasteiger partial charge in [0.2, 0.25) is 5.91 Å². The first-order chi connectivity index (χ1) is 10.6. The maximum Gasteiger partial charge on any atom is 0.256 e. The lowest BCUT2D eigenvalue weighted by Crippen LogP contribution is -2.34. The molecule has 1 aliphatic heterocycles. The molecule has 1 saturated heterocycles. The van der Waals surface area contributed by atoms with Crippen LogP contribution < -0.4 is 10.2 Å². The maximum atomic E-state index is 12.5. The van der Waals surface area contributed by atoms with Gasteiger partial charge in [-0.3, -0.25) is 9.59 Å². The molecule has 1 atom stereocenters. The van der Waals surface area contributed by atoms with Crippen molar-refractivity contribution in [3.8, 4) is 0 Å². The first-order valence-electron chi connectivity index (χ1n) is 7.01. The monoisotopic (exact) mass is 314 g/mol. The van der Waals surface area contributed by atoms with E-state index >= 15 is 0 Å². The summed E-state index contributed by atoms with van der Waals surface area (Å²) >= 11 is 6.09. The number of carbonyl (C=O) groups excluding carboxylic acids is 2. The van der Waals surface area contributed by atoms with E-state index in [4.69, 9.17) is 11.6 Å². The summed E-state index contributed by atoms with van der Waals surface area (Å²) in [6, 6.07) is 13.9. The zero-order valence-corrected chi connectivity index (χ0v) is 12.8. The number of imide groups is 1. The van der Waals surface area contributed by atoms with Crippen molar-refractivity contribution >= 4 is 34.8 Å². The number of nitrogens with one attached hydrogen (secondary N) is 1. The molecule has 112 valence electrons. The number of hydrogen-bond donors (Lipinski definition) is 1. The summed E-state index contributed by atoms with van der Waals surface area (Å²) < 4.78 is 0. The van der Waals surface area contributed by atoms with E-state index in [1.54, 1.807) is 18.2 Å². The number of para-hydroxylation sites is 1. The number of nitrogens with zero attached hydrogens (tertiary/aromatic N) is 1. The molecule has 1 fully saturated rings. The summed E-state index contributed by atoms with van der Waals surface area (Å²) in [4.78, 5) is 26.0. The molecular formula is C17H15ClN2O2. The molecule has 0 radical (unpaired) electrons. The van der Waals surface area contributed by atoms with E-state index in [2.05, 4.69) is 5.32 Å². The molecule has 3 rings (SSSR count). The van der Waals surface area contributed by atoms with Crippen LogP contribution in [-0.4, -0.2) is 17.9 Å². The molecular weight excluding hydrogens is 300 g/mol. The van der Waals surface area contributed by atoms with E-state index in [0.717, 1.165) is 5.56 Å². The molecule has 22 heavy (non-hydrogen) atoms. The SMILES string of the molecule is Cc1cccc(N2C(=O)CC(Nc3ccccc3Cl)C2=O)c1. The van der Waals surface area contributed by atoms with Crippen LogP contribution in [0, 0.1) is 6.92 Å². The highest BCUT2D eigenvalue weighted by Crippen LogP contribution is 2.28. The van der Waals surface area contributed by atoms with Crippen molar-refractivity contribution in [3.05, 3.63) is 59.1 Å². The fourth-order valence-electron chi connectivity index (χ4n) is 2.55. The highest BCUT2D eigenvalue weighted by molar-refractivity contribution is 6.33. The topological polar surface area (TPSA) is 49.4 Å². The molecule has 1 unspecified atom stereocenters. The predicted octanol–water partition coefficient (Wildman–Crippen LogP) is 3.39. The summed E-state index contributed by atoms with van der Waals surface area (Å²) in [5, 5.41) is 3.58. The van der Waals surface area contributed by atoms with Crippen molar-refractivity contribution in [1.29, 1.82) is 0 Å². The summed E-state index contributed by atoms with van der Waals surface area (Å²) in [6.07, 6.45) is 0.123. The zero-order valence-electron chi connectivity index (χ0n) is 12.0. The van der Waals surface area contributed by atoms with Gasteiger partial charge in [0.05, 0.1) is 22.8 Å². The minimum Gasteiger partial charge on any atom is -0.372 e. The fourth-order valence-corrected chi connectivity index (χ4v) is 2.74. The van der Waals surface area contributed by atoms with E-state index in [-0.39, 0.29) is 18.2 Å². The van der Waals surface area contributed by atoms with Crippen LogP contribution in [0.3, 0.4) is 0 Å². The van der Waals surface area contributed by atoms with Crippen molar-refractivity contribution in [1.82, 2.24) is 0 Å². The summed E-state index contributed by atoms with van der Waals surface area (Å²) in [7, 11) is 0. The van der Waals surface area contributed by atoms with E-state index < -0.39 is 6.04 Å². The van der Waals surface area contributed by atoms with Crippen LogP contribution in [0.2, 0.25) is 5.02 Å². The van der Waals surface area contributed by atoms with Crippen LogP contribution in [0.25, 0.3) is 0 Å². The van der Waals surface area contributed by atoms with E-state index in [9.17, 15) is 9.59 Å². The lowest BCUT2D eigenvalue weighted by Gasteiger charge is -2.17. The van der Waals surface area contributed by atoms with Gasteiger partial charge in [-0.2, -0.15) is 0 Å². The molecule has 1 heterocycles. The molecule has 0 saturated carbocycles. The van der Waals surface area contributed by atoms with Crippen LogP contribution in [0.4, 0.5) is 11.4 Å². The van der Waals surface area contributed by atoms with Crippen LogP contribution >= 0.6 is 11.6 Å². The van der Waals surface area contributed by atoms with Crippen LogP contribution in [-0.2, 0) is 9.59 Å². The maximum absolute atomic E-state index is 12.5. The van der Waals surface area contributed by atoms with Gasteiger partial charge < -0.3 is 5.32 Å². The van der Waals surface area contributed by atoms with Crippen LogP contribution in [0.5, 0.6) is 0 Å². The van der Waals surface area contributed by atoms with Crippen LogP contribution in [0.1, 0.15) is 12.0 Å². The molecule has 2 aromatic carbocycles. The Labute approximate surface area is 133 Å². The van der Waals surface area contributed by atoms with Gasteiger partial charge >= 0.3 is 0 Å². The Morgan fingerprint density at radius 2 is 1.91 bits per heavy atom. The highest BCUT2D eigenvalue weighted by Gasteiger charge is 2.39. The second kappa shape index (κ2) is 5.81. The Morgan fingerprint density at radius 3 is 2.64 bits per heavy atom. The van der Waals surface area contributed by atoms with Gasteiger partial charge in [0.15, 0.2) is 0 Å². The van der Waals surface area contributed by atoms with Gasteiger partial charge in [0.1, 0.15) is 6.04 Å². The second-order valence-corrected chi connectivity index (χ2v) is 5.69. The summed E-state index contributed by atoms with van der Waals surface area (Å²) in [6.45, 7) is 1.92. The Bertz CT molecular complexity index is 745. The molecule has 2 amide bonds. The lowest BCUT2D eigenvalue weighted by molar-refractivity contribution is -0.121. The molecule has 4 nitrogen and oxygen atoms in total. The molecule has 0 bridgehead atoms. The largest absolute Gasteiger partial charge is 0.372 e. The molecule has 2 aromatic rings. The third-order valence-electron chi connectivity index (χ3n) is 3.61. The molecule has 0 aliphatic carbocycles. The smallest absolute Gasteiger partial charge is 0.256 e. The number of anilines is 2. The molecule has 0 aromatic heterocycles. The van der Waals surface area contributed by atoms with Gasteiger partial charge in [0.25, 0.3) is 5.91 Å². The summed E-state index contributed by atoms with van der Waals surface area (Å²) in [5.74, 6) is -0.462. The molecule has 1 aliphatic rings. The number of hydrogen-bond acceptors (Lipinski definition) is 3. The van der Waals surface area contributed by atoms with Crippen molar-refractivity contribution in [2.45, 2.75) is 19.4 Å². The van der Waals surface area contributed by atoms with Gasteiger partial charge in [0, 0.05) is 0 Å². The number of aryl methyl sites for hydroxylation is 1. The number of halogens is 1. The Kier molecular flexibility index (Phi) is 3.86. The van der Waals surface area contributed by atoms with Gasteiger partial charge in [-0.25, -0.2) is 4.90 Å². The number of benzene rings is 2. The Morgan fingerprint density at radius 1 is 1.14 bits per heavy atom. The van der Waals surface area contributed by atoms with Gasteiger partial charge in [-0.1, -0.05) is 35.9 Å². The van der Waals surface area contributed by atoms with E-state index in [1.165, 1.54) is 4.90 Å². The fraction of sp³-hybridized carbons (Fsp3) is 0.176. The Balaban J connectivity index is 1.84. The average molecular weight is 315 g/mol. The van der Waals surface area contributed by atoms with Crippen LogP contribution in [0.15, 0.2) is 48.5 Å². The third kappa shape index (κ3) is 2.70. The highest BCUT2D eigenvalue weighted by atomic mass is 35.5. The van der Waals surface area contributed by atoms with Crippen molar-refractivity contribution in [2.75, 3.05) is 10.2 Å². The Hall–Kier alpha value is -2.33. The quantitative estimate of drug-likeness (QED) is 0.883. The van der Waals surface area contributed by atoms with Crippen molar-refractivity contribution in [3.63, 3.8) is 0 Å². The average Bonchev–Trinajstić information content (AvgIpc) is 2.76. The number of carbonyl (C=O) groups is 2. The third-order valence-corrected chi connectivity index (χ3v) is 3.94. The number of rotatable bonds is 3. The first kappa shape index (κ1) is 14.6. The summed E-state index contributed by atoms with van der Waals surface area (Å²) in [5.41, 5.74) is 2.26. The standard InChI is InChI=1S/C17H15ClN2O2/c1-11-5-4-6-12(9-11)20-16(21)10-15(17(20)22)19-14-8-3-2-7-13(14)18/h2-9,15,19H,10H2,1H3. The van der Waals surface area contributed by atoms with E-state index in [1.807, 2.05) is 37.3 Å². The number of amides is 2. The molecule has 5 heteroatoms. The molecule has 1 N–H and O–H groups in total. The van der Waals surface area contributed by atoms with Crippen molar-refractivity contribution < 1.29 is 9.59 Å². The second-order valence-electron chi connectivity index (χ2n) is 5.29. The van der Waals surface area contributed by atoms with Crippen molar-refractivity contribution in [2.24, 2.45) is 0 Å². The first-order valence-corrected chi connectivity index (χ1v) is 7.38. The van der Waals surface area contributed by atoms with Gasteiger partial charge in [-0.15, -0.1) is 0 Å². The van der Waals surface area contributed by atoms with E-state index in [0.29, 0.717) is 16.4 Å². The predicted molar refractivity (Wildman–Crippen MR) is 87.2 cm³/mol. The lowest BCUT2D eigenvalue weighted by atomic mass is 10.2. The zero-order chi connectivity index (χ0) is 15.7. The molecule has 0 spiro atoms. The minimum absolute atomic E-state index is 0.123. The normalized spacial score (nSPS) is 17.9. The van der Waals surface area contributed by atoms with Gasteiger partial charge in [-0.05, 0) is 36.8 Å².